The van der Waals surface area contributed by atoms with Crippen molar-refractivity contribution in [3.63, 3.8) is 0 Å². The van der Waals surface area contributed by atoms with Crippen LogP contribution in [-0.4, -0.2) is 13.0 Å². The van der Waals surface area contributed by atoms with Gasteiger partial charge in [-0.3, -0.25) is 4.79 Å². The highest BCUT2D eigenvalue weighted by atomic mass is 16.5. The lowest BCUT2D eigenvalue weighted by molar-refractivity contribution is 0.102. The fourth-order valence-corrected chi connectivity index (χ4v) is 3.55. The minimum atomic E-state index is -0.165. The summed E-state index contributed by atoms with van der Waals surface area (Å²) in [6.07, 6.45) is 0. The summed E-state index contributed by atoms with van der Waals surface area (Å²) >= 11 is 0. The van der Waals surface area contributed by atoms with Crippen molar-refractivity contribution in [2.45, 2.75) is 52.6 Å². The van der Waals surface area contributed by atoms with Crippen molar-refractivity contribution in [3.8, 4) is 11.5 Å². The Kier molecular flexibility index (Phi) is 7.24. The first-order valence-corrected chi connectivity index (χ1v) is 11.0. The molecule has 0 saturated carbocycles. The van der Waals surface area contributed by atoms with Crippen LogP contribution in [0.5, 0.6) is 11.5 Å². The first kappa shape index (κ1) is 23.4. The summed E-state index contributed by atoms with van der Waals surface area (Å²) in [6.45, 7) is 11.1. The van der Waals surface area contributed by atoms with E-state index in [-0.39, 0.29) is 11.3 Å². The van der Waals surface area contributed by atoms with Gasteiger partial charge in [-0.05, 0) is 58.9 Å². The molecule has 0 aliphatic heterocycles. The second kappa shape index (κ2) is 9.90. The molecule has 0 spiro atoms. The molecule has 1 amide bonds. The van der Waals surface area contributed by atoms with Crippen LogP contribution in [0.2, 0.25) is 0 Å². The number of carbonyl (C=O) groups excluding carboxylic acids is 1. The van der Waals surface area contributed by atoms with E-state index >= 15 is 0 Å². The molecule has 0 saturated heterocycles. The number of hydrogen-bond donors (Lipinski definition) is 1. The Balaban J connectivity index is 1.78. The molecule has 0 aliphatic rings. The summed E-state index contributed by atoms with van der Waals surface area (Å²) < 4.78 is 11.7. The average molecular weight is 432 g/mol. The van der Waals surface area contributed by atoms with Gasteiger partial charge in [-0.1, -0.05) is 65.0 Å². The second-order valence-electron chi connectivity index (χ2n) is 9.29. The third kappa shape index (κ3) is 5.70. The zero-order valence-electron chi connectivity index (χ0n) is 19.9. The molecule has 0 bridgehead atoms. The summed E-state index contributed by atoms with van der Waals surface area (Å²) in [4.78, 5) is 12.9. The van der Waals surface area contributed by atoms with Crippen LogP contribution in [0, 0.1) is 0 Å². The number of methoxy groups -OCH3 is 1. The Morgan fingerprint density at radius 2 is 1.62 bits per heavy atom. The quantitative estimate of drug-likeness (QED) is 0.440. The van der Waals surface area contributed by atoms with Crippen LogP contribution < -0.4 is 14.8 Å². The number of carbonyl (C=O) groups is 1. The first-order chi connectivity index (χ1) is 15.2. The molecule has 0 aromatic heterocycles. The standard InChI is InChI=1S/C28H33NO3/c1-19(2)20-11-14-23(15-12-20)29-27(30)21-13-16-25(31-6)22(17-21)18-32-26-10-8-7-9-24(26)28(3,4)5/h7-17,19H,18H2,1-6H3,(H,29,30). The van der Waals surface area contributed by atoms with Gasteiger partial charge in [0.1, 0.15) is 18.1 Å². The lowest BCUT2D eigenvalue weighted by Crippen LogP contribution is -2.14. The maximum Gasteiger partial charge on any atom is 0.255 e. The zero-order valence-corrected chi connectivity index (χ0v) is 19.9. The third-order valence-corrected chi connectivity index (χ3v) is 5.46. The summed E-state index contributed by atoms with van der Waals surface area (Å²) in [5.74, 6) is 1.81. The zero-order chi connectivity index (χ0) is 23.3. The van der Waals surface area contributed by atoms with Crippen molar-refractivity contribution in [1.29, 1.82) is 0 Å². The van der Waals surface area contributed by atoms with Gasteiger partial charge in [0.15, 0.2) is 0 Å². The molecule has 1 N–H and O–H groups in total. The molecule has 0 heterocycles. The van der Waals surface area contributed by atoms with Gasteiger partial charge < -0.3 is 14.8 Å². The number of rotatable bonds is 7. The Morgan fingerprint density at radius 3 is 2.25 bits per heavy atom. The highest BCUT2D eigenvalue weighted by Gasteiger charge is 2.19. The number of amides is 1. The topological polar surface area (TPSA) is 47.6 Å². The highest BCUT2D eigenvalue weighted by molar-refractivity contribution is 6.04. The Hall–Kier alpha value is -3.27. The molecule has 3 rings (SSSR count). The lowest BCUT2D eigenvalue weighted by atomic mass is 9.86. The number of ether oxygens (including phenoxy) is 2. The van der Waals surface area contributed by atoms with E-state index in [9.17, 15) is 4.79 Å². The van der Waals surface area contributed by atoms with Gasteiger partial charge in [0.2, 0.25) is 0 Å². The van der Waals surface area contributed by atoms with E-state index in [1.807, 2.05) is 54.6 Å². The Morgan fingerprint density at radius 1 is 0.938 bits per heavy atom. The summed E-state index contributed by atoms with van der Waals surface area (Å²) in [5.41, 5.74) is 4.49. The molecule has 0 radical (unpaired) electrons. The maximum absolute atomic E-state index is 12.9. The van der Waals surface area contributed by atoms with Gasteiger partial charge in [0.05, 0.1) is 7.11 Å². The monoisotopic (exact) mass is 431 g/mol. The van der Waals surface area contributed by atoms with Crippen molar-refractivity contribution in [1.82, 2.24) is 0 Å². The smallest absolute Gasteiger partial charge is 0.255 e. The molecule has 168 valence electrons. The van der Waals surface area contributed by atoms with Gasteiger partial charge in [0.25, 0.3) is 5.91 Å². The number of nitrogens with one attached hydrogen (secondary N) is 1. The van der Waals surface area contributed by atoms with Crippen LogP contribution in [0.15, 0.2) is 66.7 Å². The Bertz CT molecular complexity index is 1060. The summed E-state index contributed by atoms with van der Waals surface area (Å²) in [6, 6.07) is 21.4. The predicted octanol–water partition coefficient (Wildman–Crippen LogP) is 6.95. The molecule has 0 atom stereocenters. The SMILES string of the molecule is COc1ccc(C(=O)Nc2ccc(C(C)C)cc2)cc1COc1ccccc1C(C)(C)C. The van der Waals surface area contributed by atoms with E-state index < -0.39 is 0 Å². The normalized spacial score (nSPS) is 11.3. The summed E-state index contributed by atoms with van der Waals surface area (Å²) in [5, 5.41) is 2.97. The fourth-order valence-electron chi connectivity index (χ4n) is 3.55. The van der Waals surface area contributed by atoms with Gasteiger partial charge in [-0.2, -0.15) is 0 Å². The van der Waals surface area contributed by atoms with E-state index in [4.69, 9.17) is 9.47 Å². The second-order valence-corrected chi connectivity index (χ2v) is 9.29. The highest BCUT2D eigenvalue weighted by Crippen LogP contribution is 2.32. The predicted molar refractivity (Wildman–Crippen MR) is 131 cm³/mol. The maximum atomic E-state index is 12.9. The fraction of sp³-hybridized carbons (Fsp3) is 0.321. The molecule has 0 fully saturated rings. The van der Waals surface area contributed by atoms with Crippen LogP contribution in [0.3, 0.4) is 0 Å². The molecule has 4 nitrogen and oxygen atoms in total. The van der Waals surface area contributed by atoms with Gasteiger partial charge in [0, 0.05) is 16.8 Å². The van der Waals surface area contributed by atoms with E-state index in [1.165, 1.54) is 5.56 Å². The van der Waals surface area contributed by atoms with Gasteiger partial charge >= 0.3 is 0 Å². The minimum absolute atomic E-state index is 0.0342. The van der Waals surface area contributed by atoms with Crippen LogP contribution in [-0.2, 0) is 12.0 Å². The molecule has 32 heavy (non-hydrogen) atoms. The largest absolute Gasteiger partial charge is 0.496 e. The molecular formula is C28H33NO3. The molecule has 0 aliphatic carbocycles. The summed E-state index contributed by atoms with van der Waals surface area (Å²) in [7, 11) is 1.62. The number of hydrogen-bond acceptors (Lipinski definition) is 3. The Labute approximate surface area is 191 Å². The molecule has 0 unspecified atom stereocenters. The van der Waals surface area contributed by atoms with Crippen LogP contribution >= 0.6 is 0 Å². The molecular weight excluding hydrogens is 398 g/mol. The lowest BCUT2D eigenvalue weighted by Gasteiger charge is -2.23. The molecule has 3 aromatic rings. The van der Waals surface area contributed by atoms with E-state index in [1.54, 1.807) is 13.2 Å². The van der Waals surface area contributed by atoms with Gasteiger partial charge in [-0.25, -0.2) is 0 Å². The first-order valence-electron chi connectivity index (χ1n) is 11.0. The minimum Gasteiger partial charge on any atom is -0.496 e. The van der Waals surface area contributed by atoms with E-state index in [0.29, 0.717) is 23.8 Å². The van der Waals surface area contributed by atoms with Gasteiger partial charge in [-0.15, -0.1) is 0 Å². The van der Waals surface area contributed by atoms with Crippen molar-refractivity contribution in [2.24, 2.45) is 0 Å². The third-order valence-electron chi connectivity index (χ3n) is 5.46. The van der Waals surface area contributed by atoms with Crippen molar-refractivity contribution in [2.75, 3.05) is 12.4 Å². The van der Waals surface area contributed by atoms with E-state index in [0.717, 1.165) is 22.6 Å². The number of anilines is 1. The number of para-hydroxylation sites is 1. The van der Waals surface area contributed by atoms with Crippen LogP contribution in [0.25, 0.3) is 0 Å². The average Bonchev–Trinajstić information content (AvgIpc) is 2.77. The van der Waals surface area contributed by atoms with Crippen molar-refractivity contribution in [3.05, 3.63) is 89.0 Å². The van der Waals surface area contributed by atoms with E-state index in [2.05, 4.69) is 46.0 Å². The molecule has 3 aromatic carbocycles. The van der Waals surface area contributed by atoms with Crippen molar-refractivity contribution >= 4 is 11.6 Å². The number of benzene rings is 3. The van der Waals surface area contributed by atoms with Crippen LogP contribution in [0.4, 0.5) is 5.69 Å². The van der Waals surface area contributed by atoms with Crippen LogP contribution in [0.1, 0.15) is 67.6 Å². The van der Waals surface area contributed by atoms with Crippen molar-refractivity contribution < 1.29 is 14.3 Å². The molecule has 4 heteroatoms.